The minimum absolute atomic E-state index is 0.0124. The van der Waals surface area contributed by atoms with Gasteiger partial charge in [0.05, 0.1) is 5.69 Å². The number of amides is 1. The van der Waals surface area contributed by atoms with Crippen LogP contribution in [-0.4, -0.2) is 34.9 Å². The van der Waals surface area contributed by atoms with Crippen LogP contribution in [0.4, 0.5) is 0 Å². The molecule has 0 bridgehead atoms. The Hall–Kier alpha value is -2.66. The molecule has 0 aliphatic carbocycles. The zero-order valence-electron chi connectivity index (χ0n) is 13.5. The Morgan fingerprint density at radius 3 is 2.79 bits per heavy atom. The number of hydrogen-bond acceptors (Lipinski definition) is 4. The van der Waals surface area contributed by atoms with E-state index in [1.807, 2.05) is 48.5 Å². The van der Waals surface area contributed by atoms with E-state index in [1.54, 1.807) is 17.2 Å². The fraction of sp³-hybridized carbons (Fsp3) is 0.263. The molecule has 124 valence electrons. The van der Waals surface area contributed by atoms with E-state index in [0.717, 1.165) is 30.0 Å². The second-order valence-corrected chi connectivity index (χ2v) is 5.85. The summed E-state index contributed by atoms with van der Waals surface area (Å²) in [6, 6.07) is 13.5. The van der Waals surface area contributed by atoms with Gasteiger partial charge in [-0.05, 0) is 42.3 Å². The Labute approximate surface area is 141 Å². The van der Waals surface area contributed by atoms with Gasteiger partial charge in [-0.2, -0.15) is 0 Å². The fourth-order valence-electron chi connectivity index (χ4n) is 2.58. The van der Waals surface area contributed by atoms with Gasteiger partial charge in [-0.25, -0.2) is 0 Å². The number of carbonyl (C=O) groups is 1. The van der Waals surface area contributed by atoms with Crippen LogP contribution in [-0.2, 0) is 11.4 Å². The van der Waals surface area contributed by atoms with Gasteiger partial charge in [0.15, 0.2) is 0 Å². The van der Waals surface area contributed by atoms with Gasteiger partial charge in [0.2, 0.25) is 5.91 Å². The predicted molar refractivity (Wildman–Crippen MR) is 93.2 cm³/mol. The van der Waals surface area contributed by atoms with E-state index in [9.17, 15) is 4.79 Å². The quantitative estimate of drug-likeness (QED) is 0.857. The average molecular weight is 323 g/mol. The first-order valence-electron chi connectivity index (χ1n) is 8.06. The van der Waals surface area contributed by atoms with Crippen LogP contribution in [0.15, 0.2) is 54.7 Å². The van der Waals surface area contributed by atoms with Crippen LogP contribution in [0.5, 0.6) is 5.75 Å². The topological polar surface area (TPSA) is 68.5 Å². The molecule has 1 fully saturated rings. The normalized spacial score (nSPS) is 17.4. The van der Waals surface area contributed by atoms with Gasteiger partial charge < -0.3 is 15.4 Å². The van der Waals surface area contributed by atoms with Crippen LogP contribution in [0, 0.1) is 0 Å². The van der Waals surface area contributed by atoms with E-state index in [2.05, 4.69) is 4.98 Å². The van der Waals surface area contributed by atoms with Gasteiger partial charge in [0.25, 0.3) is 0 Å². The van der Waals surface area contributed by atoms with Crippen LogP contribution >= 0.6 is 0 Å². The van der Waals surface area contributed by atoms with Crippen molar-refractivity contribution < 1.29 is 9.53 Å². The molecule has 1 atom stereocenters. The zero-order chi connectivity index (χ0) is 16.8. The number of nitrogens with two attached hydrogens (primary N) is 1. The highest BCUT2D eigenvalue weighted by Crippen LogP contribution is 2.15. The van der Waals surface area contributed by atoms with Crippen molar-refractivity contribution in [3.8, 4) is 5.75 Å². The summed E-state index contributed by atoms with van der Waals surface area (Å²) in [6.07, 6.45) is 6.04. The van der Waals surface area contributed by atoms with Gasteiger partial charge in [-0.3, -0.25) is 9.78 Å². The molecule has 2 N–H and O–H groups in total. The van der Waals surface area contributed by atoms with Gasteiger partial charge in [0, 0.05) is 31.4 Å². The molecule has 1 aliphatic heterocycles. The molecule has 0 saturated carbocycles. The molecule has 5 nitrogen and oxygen atoms in total. The van der Waals surface area contributed by atoms with Gasteiger partial charge in [-0.15, -0.1) is 0 Å². The maximum atomic E-state index is 12.0. The van der Waals surface area contributed by atoms with E-state index in [1.165, 1.54) is 0 Å². The van der Waals surface area contributed by atoms with Crippen molar-refractivity contribution in [1.29, 1.82) is 0 Å². The van der Waals surface area contributed by atoms with Crippen LogP contribution in [0.1, 0.15) is 17.7 Å². The number of nitrogens with zero attached hydrogens (tertiary/aromatic N) is 2. The van der Waals surface area contributed by atoms with Crippen molar-refractivity contribution in [2.75, 3.05) is 13.1 Å². The number of likely N-dealkylation sites (tertiary alicyclic amines) is 1. The van der Waals surface area contributed by atoms with Crippen molar-refractivity contribution in [2.24, 2.45) is 5.73 Å². The van der Waals surface area contributed by atoms with Crippen molar-refractivity contribution in [1.82, 2.24) is 9.88 Å². The molecule has 0 spiro atoms. The Bertz CT molecular complexity index is 698. The lowest BCUT2D eigenvalue weighted by Crippen LogP contribution is -2.30. The third-order valence-electron chi connectivity index (χ3n) is 3.95. The number of carbonyl (C=O) groups excluding carboxylic acids is 1. The fourth-order valence-corrected chi connectivity index (χ4v) is 2.58. The van der Waals surface area contributed by atoms with E-state index < -0.39 is 0 Å². The Balaban J connectivity index is 1.52. The minimum atomic E-state index is 0.0124. The second-order valence-electron chi connectivity index (χ2n) is 5.85. The summed E-state index contributed by atoms with van der Waals surface area (Å²) in [4.78, 5) is 18.0. The van der Waals surface area contributed by atoms with Gasteiger partial charge in [-0.1, -0.05) is 18.2 Å². The molecule has 2 aromatic rings. The summed E-state index contributed by atoms with van der Waals surface area (Å²) < 4.78 is 5.69. The summed E-state index contributed by atoms with van der Waals surface area (Å²) in [7, 11) is 0. The summed E-state index contributed by atoms with van der Waals surface area (Å²) in [6.45, 7) is 1.82. The number of benzene rings is 1. The molecule has 1 aliphatic rings. The molecule has 2 heterocycles. The highest BCUT2D eigenvalue weighted by atomic mass is 16.5. The molecular formula is C19H21N3O2. The molecule has 1 unspecified atom stereocenters. The highest BCUT2D eigenvalue weighted by Gasteiger charge is 2.21. The number of rotatable bonds is 5. The molecule has 3 rings (SSSR count). The molecule has 0 radical (unpaired) electrons. The zero-order valence-corrected chi connectivity index (χ0v) is 13.5. The van der Waals surface area contributed by atoms with Crippen molar-refractivity contribution >= 4 is 12.0 Å². The Morgan fingerprint density at radius 1 is 1.29 bits per heavy atom. The lowest BCUT2D eigenvalue weighted by Gasteiger charge is -2.12. The lowest BCUT2D eigenvalue weighted by molar-refractivity contribution is -0.124. The van der Waals surface area contributed by atoms with Crippen molar-refractivity contribution in [3.05, 3.63) is 66.0 Å². The third kappa shape index (κ3) is 4.43. The van der Waals surface area contributed by atoms with E-state index in [-0.39, 0.29) is 11.9 Å². The standard InChI is InChI=1S/C19H21N3O2/c20-16-10-12-22(13-16)19(23)9-6-15-4-7-18(8-5-15)24-14-17-3-1-2-11-21-17/h1-9,11,16H,10,12-14,20H2/b9-6+. The van der Waals surface area contributed by atoms with Crippen LogP contribution < -0.4 is 10.5 Å². The first-order chi connectivity index (χ1) is 11.7. The van der Waals surface area contributed by atoms with Crippen LogP contribution in [0.3, 0.4) is 0 Å². The maximum Gasteiger partial charge on any atom is 0.246 e. The van der Waals surface area contributed by atoms with E-state index >= 15 is 0 Å². The molecule has 1 saturated heterocycles. The van der Waals surface area contributed by atoms with E-state index in [4.69, 9.17) is 10.5 Å². The maximum absolute atomic E-state index is 12.0. The Morgan fingerprint density at radius 2 is 2.12 bits per heavy atom. The monoisotopic (exact) mass is 323 g/mol. The molecule has 1 amide bonds. The van der Waals surface area contributed by atoms with Gasteiger partial charge in [0.1, 0.15) is 12.4 Å². The van der Waals surface area contributed by atoms with Crippen LogP contribution in [0.2, 0.25) is 0 Å². The SMILES string of the molecule is NC1CCN(C(=O)/C=C/c2ccc(OCc3ccccn3)cc2)C1. The largest absolute Gasteiger partial charge is 0.487 e. The number of hydrogen-bond donors (Lipinski definition) is 1. The summed E-state index contributed by atoms with van der Waals surface area (Å²) >= 11 is 0. The lowest BCUT2D eigenvalue weighted by atomic mass is 10.2. The molecule has 1 aromatic heterocycles. The van der Waals surface area contributed by atoms with Gasteiger partial charge >= 0.3 is 0 Å². The smallest absolute Gasteiger partial charge is 0.246 e. The minimum Gasteiger partial charge on any atom is -0.487 e. The summed E-state index contributed by atoms with van der Waals surface area (Å²) in [5.41, 5.74) is 7.66. The molecule has 24 heavy (non-hydrogen) atoms. The highest BCUT2D eigenvalue weighted by molar-refractivity contribution is 5.92. The number of aromatic nitrogens is 1. The molecular weight excluding hydrogens is 302 g/mol. The number of pyridine rings is 1. The summed E-state index contributed by atoms with van der Waals surface area (Å²) in [5, 5.41) is 0. The molecule has 5 heteroatoms. The van der Waals surface area contributed by atoms with Crippen molar-refractivity contribution in [2.45, 2.75) is 19.1 Å². The first-order valence-corrected chi connectivity index (χ1v) is 8.06. The van der Waals surface area contributed by atoms with E-state index in [0.29, 0.717) is 13.2 Å². The molecule has 1 aromatic carbocycles. The van der Waals surface area contributed by atoms with Crippen LogP contribution in [0.25, 0.3) is 6.08 Å². The third-order valence-corrected chi connectivity index (χ3v) is 3.95. The summed E-state index contributed by atoms with van der Waals surface area (Å²) in [5.74, 6) is 0.785. The average Bonchev–Trinajstić information content (AvgIpc) is 3.06. The first kappa shape index (κ1) is 16.2. The van der Waals surface area contributed by atoms with Crippen molar-refractivity contribution in [3.63, 3.8) is 0 Å². The number of ether oxygens (including phenoxy) is 1. The predicted octanol–water partition coefficient (Wildman–Crippen LogP) is 2.23. The Kier molecular flexibility index (Phi) is 5.23. The second kappa shape index (κ2) is 7.75.